The number of carbonyl (C=O) groups is 1. The van der Waals surface area contributed by atoms with Gasteiger partial charge < -0.3 is 15.4 Å². The zero-order valence-corrected chi connectivity index (χ0v) is 17.2. The van der Waals surface area contributed by atoms with Crippen LogP contribution in [0.15, 0.2) is 54.6 Å². The van der Waals surface area contributed by atoms with E-state index in [4.69, 9.17) is 4.74 Å². The van der Waals surface area contributed by atoms with E-state index in [9.17, 15) is 4.79 Å². The molecule has 0 bridgehead atoms. The molecule has 0 radical (unpaired) electrons. The lowest BCUT2D eigenvalue weighted by Gasteiger charge is -2.12. The number of anilines is 3. The molecule has 0 aliphatic heterocycles. The number of nitrogens with one attached hydrogen (secondary N) is 2. The number of carbonyl (C=O) groups excluding carboxylic acids is 1. The molecule has 0 saturated heterocycles. The van der Waals surface area contributed by atoms with Crippen LogP contribution in [-0.4, -0.2) is 22.5 Å². The number of para-hydroxylation sites is 2. The number of aryl methyl sites for hydroxylation is 1. The highest BCUT2D eigenvalue weighted by Gasteiger charge is 2.13. The number of hydrogen-bond acceptors (Lipinski definition) is 5. The van der Waals surface area contributed by atoms with E-state index in [1.807, 2.05) is 62.4 Å². The maximum Gasteiger partial charge on any atom is 0.274 e. The Kier molecular flexibility index (Phi) is 6.44. The fourth-order valence-electron chi connectivity index (χ4n) is 2.86. The highest BCUT2D eigenvalue weighted by atomic mass is 16.5. The summed E-state index contributed by atoms with van der Waals surface area (Å²) >= 11 is 0. The van der Waals surface area contributed by atoms with Crippen LogP contribution in [0.3, 0.4) is 0 Å². The van der Waals surface area contributed by atoms with Crippen LogP contribution in [0.5, 0.6) is 5.75 Å². The van der Waals surface area contributed by atoms with E-state index in [0.717, 1.165) is 11.4 Å². The number of hydrogen-bond donors (Lipinski definition) is 2. The molecule has 3 rings (SSSR count). The molecule has 6 heteroatoms. The first-order valence-electron chi connectivity index (χ1n) is 9.72. The average molecular weight is 390 g/mol. The van der Waals surface area contributed by atoms with E-state index in [1.54, 1.807) is 6.07 Å². The summed E-state index contributed by atoms with van der Waals surface area (Å²) in [6.45, 7) is 8.58. The molecule has 0 spiro atoms. The predicted molar refractivity (Wildman–Crippen MR) is 116 cm³/mol. The summed E-state index contributed by atoms with van der Waals surface area (Å²) in [6.07, 6.45) is 0. The van der Waals surface area contributed by atoms with Crippen LogP contribution in [0, 0.1) is 6.92 Å². The van der Waals surface area contributed by atoms with Crippen molar-refractivity contribution in [1.29, 1.82) is 0 Å². The number of ether oxygens (including phenoxy) is 1. The maximum atomic E-state index is 12.7. The van der Waals surface area contributed by atoms with Crippen molar-refractivity contribution < 1.29 is 9.53 Å². The lowest BCUT2D eigenvalue weighted by molar-refractivity contribution is 0.102. The first kappa shape index (κ1) is 20.3. The zero-order chi connectivity index (χ0) is 20.8. The second-order valence-corrected chi connectivity index (χ2v) is 7.00. The number of benzene rings is 2. The summed E-state index contributed by atoms with van der Waals surface area (Å²) in [7, 11) is 0. The van der Waals surface area contributed by atoms with Gasteiger partial charge in [-0.15, -0.1) is 0 Å². The summed E-state index contributed by atoms with van der Waals surface area (Å²) < 4.78 is 5.63. The molecule has 0 fully saturated rings. The molecule has 1 heterocycles. The highest BCUT2D eigenvalue weighted by Crippen LogP contribution is 2.26. The molecule has 0 atom stereocenters. The summed E-state index contributed by atoms with van der Waals surface area (Å²) in [5.74, 6) is 1.21. The van der Waals surface area contributed by atoms with Crippen LogP contribution in [-0.2, 0) is 0 Å². The Balaban J connectivity index is 1.79. The van der Waals surface area contributed by atoms with Crippen molar-refractivity contribution in [2.75, 3.05) is 17.2 Å². The first-order valence-corrected chi connectivity index (χ1v) is 9.72. The smallest absolute Gasteiger partial charge is 0.274 e. The number of nitrogens with zero attached hydrogens (tertiary/aromatic N) is 2. The predicted octanol–water partition coefficient (Wildman–Crippen LogP) is 5.30. The lowest BCUT2D eigenvalue weighted by atomic mass is 10.0. The first-order chi connectivity index (χ1) is 14.0. The van der Waals surface area contributed by atoms with Crippen molar-refractivity contribution in [3.63, 3.8) is 0 Å². The van der Waals surface area contributed by atoms with Gasteiger partial charge in [-0.3, -0.25) is 4.79 Å². The van der Waals surface area contributed by atoms with Crippen LogP contribution in [0.2, 0.25) is 0 Å². The Hall–Kier alpha value is -3.41. The van der Waals surface area contributed by atoms with Crippen molar-refractivity contribution >= 4 is 23.2 Å². The lowest BCUT2D eigenvalue weighted by Crippen LogP contribution is -2.15. The quantitative estimate of drug-likeness (QED) is 0.572. The summed E-state index contributed by atoms with van der Waals surface area (Å²) in [4.78, 5) is 21.5. The van der Waals surface area contributed by atoms with Gasteiger partial charge in [-0.1, -0.05) is 38.1 Å². The minimum atomic E-state index is -0.283. The molecule has 29 heavy (non-hydrogen) atoms. The number of amides is 1. The van der Waals surface area contributed by atoms with Gasteiger partial charge in [-0.25, -0.2) is 9.97 Å². The molecule has 1 aromatic heterocycles. The third kappa shape index (κ3) is 5.31. The minimum absolute atomic E-state index is 0.283. The molecule has 150 valence electrons. The van der Waals surface area contributed by atoms with E-state index < -0.39 is 0 Å². The van der Waals surface area contributed by atoms with Gasteiger partial charge >= 0.3 is 0 Å². The van der Waals surface area contributed by atoms with Gasteiger partial charge in [0.25, 0.3) is 5.91 Å². The Morgan fingerprint density at radius 2 is 1.79 bits per heavy atom. The fourth-order valence-corrected chi connectivity index (χ4v) is 2.86. The molecule has 3 aromatic rings. The van der Waals surface area contributed by atoms with Crippen LogP contribution in [0.4, 0.5) is 17.3 Å². The Labute approximate surface area is 171 Å². The van der Waals surface area contributed by atoms with Crippen LogP contribution in [0.25, 0.3) is 0 Å². The molecule has 0 unspecified atom stereocenters. The molecular formula is C23H26N4O2. The molecule has 0 aliphatic rings. The number of aromatic nitrogens is 2. The third-order valence-electron chi connectivity index (χ3n) is 4.36. The van der Waals surface area contributed by atoms with E-state index in [0.29, 0.717) is 35.6 Å². The van der Waals surface area contributed by atoms with Gasteiger partial charge in [0.2, 0.25) is 5.95 Å². The average Bonchev–Trinajstić information content (AvgIpc) is 2.69. The molecule has 2 N–H and O–H groups in total. The van der Waals surface area contributed by atoms with Gasteiger partial charge in [-0.2, -0.15) is 0 Å². The third-order valence-corrected chi connectivity index (χ3v) is 4.36. The topological polar surface area (TPSA) is 76.1 Å². The Morgan fingerprint density at radius 3 is 2.48 bits per heavy atom. The molecule has 1 amide bonds. The fraction of sp³-hybridized carbons (Fsp3) is 0.261. The van der Waals surface area contributed by atoms with Crippen LogP contribution >= 0.6 is 0 Å². The van der Waals surface area contributed by atoms with Crippen LogP contribution in [0.1, 0.15) is 48.4 Å². The molecule has 6 nitrogen and oxygen atoms in total. The van der Waals surface area contributed by atoms with Crippen molar-refractivity contribution in [3.8, 4) is 5.75 Å². The Morgan fingerprint density at radius 1 is 1.07 bits per heavy atom. The van der Waals surface area contributed by atoms with E-state index >= 15 is 0 Å². The van der Waals surface area contributed by atoms with Crippen molar-refractivity contribution in [2.24, 2.45) is 0 Å². The van der Waals surface area contributed by atoms with Crippen LogP contribution < -0.4 is 15.4 Å². The normalized spacial score (nSPS) is 10.7. The summed E-state index contributed by atoms with van der Waals surface area (Å²) in [5, 5.41) is 6.04. The minimum Gasteiger partial charge on any atom is -0.492 e. The van der Waals surface area contributed by atoms with Gasteiger partial charge in [0.1, 0.15) is 11.4 Å². The molecule has 0 aliphatic carbocycles. The van der Waals surface area contributed by atoms with E-state index in [-0.39, 0.29) is 5.91 Å². The van der Waals surface area contributed by atoms with E-state index in [2.05, 4.69) is 34.4 Å². The Bertz CT molecular complexity index is 984. The van der Waals surface area contributed by atoms with Gasteiger partial charge in [0.15, 0.2) is 0 Å². The second kappa shape index (κ2) is 9.19. The van der Waals surface area contributed by atoms with Gasteiger partial charge in [0, 0.05) is 11.4 Å². The summed E-state index contributed by atoms with van der Waals surface area (Å²) in [6, 6.07) is 17.1. The second-order valence-electron chi connectivity index (χ2n) is 7.00. The van der Waals surface area contributed by atoms with Gasteiger partial charge in [-0.05, 0) is 55.7 Å². The molecular weight excluding hydrogens is 364 g/mol. The van der Waals surface area contributed by atoms with E-state index in [1.165, 1.54) is 5.56 Å². The standard InChI is InChI=1S/C23H26N4O2/c1-5-29-21-9-7-6-8-19(21)26-23-24-16(4)14-20(27-23)22(28)25-18-12-10-17(11-13-18)15(2)3/h6-15H,5H2,1-4H3,(H,25,28)(H,24,26,27). The maximum absolute atomic E-state index is 12.7. The van der Waals surface area contributed by atoms with Crippen molar-refractivity contribution in [2.45, 2.75) is 33.6 Å². The SMILES string of the molecule is CCOc1ccccc1Nc1nc(C)cc(C(=O)Nc2ccc(C(C)C)cc2)n1. The zero-order valence-electron chi connectivity index (χ0n) is 17.2. The summed E-state index contributed by atoms with van der Waals surface area (Å²) in [5.41, 5.74) is 3.68. The molecule has 2 aromatic carbocycles. The molecule has 0 saturated carbocycles. The van der Waals surface area contributed by atoms with Gasteiger partial charge in [0.05, 0.1) is 12.3 Å². The van der Waals surface area contributed by atoms with Crippen molar-refractivity contribution in [1.82, 2.24) is 9.97 Å². The van der Waals surface area contributed by atoms with Crippen molar-refractivity contribution in [3.05, 3.63) is 71.5 Å². The monoisotopic (exact) mass is 390 g/mol. The number of rotatable bonds is 7. The largest absolute Gasteiger partial charge is 0.492 e. The highest BCUT2D eigenvalue weighted by molar-refractivity contribution is 6.03.